The number of hydrogen-bond donors (Lipinski definition) is 2. The summed E-state index contributed by atoms with van der Waals surface area (Å²) in [5.74, 6) is 0.0782. The topological polar surface area (TPSA) is 72.9 Å². The Bertz CT molecular complexity index is 361. The predicted molar refractivity (Wildman–Crippen MR) is 75.6 cm³/mol. The smallest absolute Gasteiger partial charge is 0.407 e. The number of likely N-dealkylation sites (N-methyl/N-ethyl adjacent to an activating group) is 1. The van der Waals surface area contributed by atoms with E-state index in [-0.39, 0.29) is 11.9 Å². The molecule has 2 N–H and O–H groups in total. The first-order chi connectivity index (χ1) is 9.52. The van der Waals surface area contributed by atoms with E-state index >= 15 is 0 Å². The SMILES string of the molecule is CCNC(=O)CN1[C@@H]2CCC[C@H]1C[C@H](N(C)C(=O)O)C2. The van der Waals surface area contributed by atoms with Gasteiger partial charge in [-0.2, -0.15) is 0 Å². The quantitative estimate of drug-likeness (QED) is 0.811. The number of hydrogen-bond acceptors (Lipinski definition) is 3. The Kier molecular flexibility index (Phi) is 4.86. The molecule has 3 atom stereocenters. The Morgan fingerprint density at radius 1 is 1.30 bits per heavy atom. The number of rotatable bonds is 4. The van der Waals surface area contributed by atoms with Crippen LogP contribution in [0.3, 0.4) is 0 Å². The standard InChI is InChI=1S/C14H25N3O3/c1-3-15-13(18)9-17-10-5-4-6-11(17)8-12(7-10)16(2)14(19)20/h10-12H,3-9H2,1-2H3,(H,15,18)(H,19,20)/t10-,11+,12-. The van der Waals surface area contributed by atoms with Crippen LogP contribution >= 0.6 is 0 Å². The van der Waals surface area contributed by atoms with Gasteiger partial charge in [0.15, 0.2) is 0 Å². The molecule has 2 rings (SSSR count). The fourth-order valence-corrected chi connectivity index (χ4v) is 3.60. The van der Waals surface area contributed by atoms with E-state index in [9.17, 15) is 9.59 Å². The fourth-order valence-electron chi connectivity index (χ4n) is 3.60. The van der Waals surface area contributed by atoms with Crippen molar-refractivity contribution >= 4 is 12.0 Å². The lowest BCUT2D eigenvalue weighted by Crippen LogP contribution is -2.58. The van der Waals surface area contributed by atoms with Crippen LogP contribution < -0.4 is 5.32 Å². The number of nitrogens with zero attached hydrogens (tertiary/aromatic N) is 2. The third-order valence-electron chi connectivity index (χ3n) is 4.65. The van der Waals surface area contributed by atoms with Gasteiger partial charge in [0.1, 0.15) is 0 Å². The van der Waals surface area contributed by atoms with Crippen molar-refractivity contribution in [2.24, 2.45) is 0 Å². The molecule has 2 heterocycles. The van der Waals surface area contributed by atoms with Crippen molar-refractivity contribution in [2.45, 2.75) is 57.2 Å². The highest BCUT2D eigenvalue weighted by Crippen LogP contribution is 2.35. The molecule has 20 heavy (non-hydrogen) atoms. The van der Waals surface area contributed by atoms with Gasteiger partial charge in [-0.15, -0.1) is 0 Å². The summed E-state index contributed by atoms with van der Waals surface area (Å²) >= 11 is 0. The monoisotopic (exact) mass is 283 g/mol. The summed E-state index contributed by atoms with van der Waals surface area (Å²) in [4.78, 5) is 26.7. The molecule has 2 aliphatic heterocycles. The number of carbonyl (C=O) groups excluding carboxylic acids is 1. The molecule has 2 fully saturated rings. The second kappa shape index (κ2) is 6.43. The van der Waals surface area contributed by atoms with E-state index in [0.717, 1.165) is 25.7 Å². The maximum absolute atomic E-state index is 11.8. The average molecular weight is 283 g/mol. The van der Waals surface area contributed by atoms with Crippen LogP contribution in [-0.4, -0.2) is 65.2 Å². The van der Waals surface area contributed by atoms with Gasteiger partial charge in [-0.25, -0.2) is 4.79 Å². The minimum Gasteiger partial charge on any atom is -0.465 e. The summed E-state index contributed by atoms with van der Waals surface area (Å²) in [6.45, 7) is 3.03. The van der Waals surface area contributed by atoms with Crippen molar-refractivity contribution < 1.29 is 14.7 Å². The molecular weight excluding hydrogens is 258 g/mol. The average Bonchev–Trinajstić information content (AvgIpc) is 2.37. The number of carboxylic acid groups (broad SMARTS) is 1. The van der Waals surface area contributed by atoms with E-state index in [1.807, 2.05) is 6.92 Å². The van der Waals surface area contributed by atoms with Crippen LogP contribution in [0.25, 0.3) is 0 Å². The third-order valence-corrected chi connectivity index (χ3v) is 4.65. The minimum atomic E-state index is -0.856. The van der Waals surface area contributed by atoms with Crippen LogP contribution in [0.2, 0.25) is 0 Å². The maximum Gasteiger partial charge on any atom is 0.407 e. The Morgan fingerprint density at radius 3 is 2.40 bits per heavy atom. The van der Waals surface area contributed by atoms with Crippen LogP contribution in [0.4, 0.5) is 4.79 Å². The third kappa shape index (κ3) is 3.23. The number of carbonyl (C=O) groups is 2. The van der Waals surface area contributed by atoms with Crippen molar-refractivity contribution in [2.75, 3.05) is 20.1 Å². The van der Waals surface area contributed by atoms with Crippen LogP contribution in [0, 0.1) is 0 Å². The van der Waals surface area contributed by atoms with Crippen molar-refractivity contribution in [3.63, 3.8) is 0 Å². The summed E-state index contributed by atoms with van der Waals surface area (Å²) in [7, 11) is 1.65. The molecule has 6 heteroatoms. The Labute approximate surface area is 120 Å². The molecule has 0 aromatic carbocycles. The normalized spacial score (nSPS) is 29.8. The molecule has 0 aromatic heterocycles. The van der Waals surface area contributed by atoms with Gasteiger partial charge < -0.3 is 15.3 Å². The second-order valence-corrected chi connectivity index (χ2v) is 5.88. The Balaban J connectivity index is 2.00. The highest BCUT2D eigenvalue weighted by Gasteiger charge is 2.40. The molecule has 2 saturated heterocycles. The first-order valence-electron chi connectivity index (χ1n) is 7.51. The van der Waals surface area contributed by atoms with E-state index in [1.165, 1.54) is 11.3 Å². The largest absolute Gasteiger partial charge is 0.465 e. The summed E-state index contributed by atoms with van der Waals surface area (Å²) in [6.07, 6.45) is 4.16. The zero-order valence-electron chi connectivity index (χ0n) is 12.3. The zero-order valence-corrected chi connectivity index (χ0v) is 12.3. The Hall–Kier alpha value is -1.30. The van der Waals surface area contributed by atoms with Crippen LogP contribution in [0.1, 0.15) is 39.0 Å². The van der Waals surface area contributed by atoms with E-state index < -0.39 is 6.09 Å². The highest BCUT2D eigenvalue weighted by atomic mass is 16.4. The van der Waals surface area contributed by atoms with E-state index in [1.54, 1.807) is 7.05 Å². The van der Waals surface area contributed by atoms with Gasteiger partial charge in [-0.05, 0) is 32.6 Å². The first-order valence-corrected chi connectivity index (χ1v) is 7.51. The van der Waals surface area contributed by atoms with Crippen LogP contribution in [0.15, 0.2) is 0 Å². The van der Waals surface area contributed by atoms with Crippen molar-refractivity contribution in [1.82, 2.24) is 15.1 Å². The van der Waals surface area contributed by atoms with Gasteiger partial charge in [0, 0.05) is 31.7 Å². The van der Waals surface area contributed by atoms with E-state index in [0.29, 0.717) is 25.2 Å². The molecule has 2 bridgehead atoms. The first kappa shape index (κ1) is 15.1. The van der Waals surface area contributed by atoms with E-state index in [4.69, 9.17) is 5.11 Å². The fraction of sp³-hybridized carbons (Fsp3) is 0.857. The molecule has 0 aromatic rings. The molecule has 0 aliphatic carbocycles. The number of amides is 2. The molecule has 0 spiro atoms. The van der Waals surface area contributed by atoms with Gasteiger partial charge in [0.05, 0.1) is 6.54 Å². The molecule has 0 radical (unpaired) electrons. The van der Waals surface area contributed by atoms with Gasteiger partial charge in [0.25, 0.3) is 0 Å². The summed E-state index contributed by atoms with van der Waals surface area (Å²) in [5.41, 5.74) is 0. The zero-order chi connectivity index (χ0) is 14.7. The summed E-state index contributed by atoms with van der Waals surface area (Å²) in [5, 5.41) is 12.0. The molecule has 2 aliphatic rings. The number of fused-ring (bicyclic) bond motifs is 2. The highest BCUT2D eigenvalue weighted by molar-refractivity contribution is 5.78. The lowest BCUT2D eigenvalue weighted by molar-refractivity contribution is -0.125. The summed E-state index contributed by atoms with van der Waals surface area (Å²) < 4.78 is 0. The van der Waals surface area contributed by atoms with Crippen molar-refractivity contribution in [3.05, 3.63) is 0 Å². The predicted octanol–water partition coefficient (Wildman–Crippen LogP) is 1.12. The Morgan fingerprint density at radius 2 is 1.90 bits per heavy atom. The summed E-state index contributed by atoms with van der Waals surface area (Å²) in [6, 6.07) is 0.780. The van der Waals surface area contributed by atoms with Crippen LogP contribution in [0.5, 0.6) is 0 Å². The van der Waals surface area contributed by atoms with Gasteiger partial charge in [0.2, 0.25) is 5.91 Å². The lowest BCUT2D eigenvalue weighted by Gasteiger charge is -2.49. The molecule has 114 valence electrons. The van der Waals surface area contributed by atoms with Crippen LogP contribution in [-0.2, 0) is 4.79 Å². The number of piperidine rings is 2. The van der Waals surface area contributed by atoms with Crippen molar-refractivity contribution in [1.29, 1.82) is 0 Å². The van der Waals surface area contributed by atoms with Crippen molar-refractivity contribution in [3.8, 4) is 0 Å². The molecule has 6 nitrogen and oxygen atoms in total. The van der Waals surface area contributed by atoms with Gasteiger partial charge >= 0.3 is 6.09 Å². The lowest BCUT2D eigenvalue weighted by atomic mass is 9.81. The molecule has 2 amide bonds. The van der Waals surface area contributed by atoms with Gasteiger partial charge in [-0.3, -0.25) is 9.69 Å². The minimum absolute atomic E-state index is 0.0782. The van der Waals surface area contributed by atoms with E-state index in [2.05, 4.69) is 10.2 Å². The molecule has 0 unspecified atom stereocenters. The number of nitrogens with one attached hydrogen (secondary N) is 1. The maximum atomic E-state index is 11.8. The van der Waals surface area contributed by atoms with Gasteiger partial charge in [-0.1, -0.05) is 6.42 Å². The second-order valence-electron chi connectivity index (χ2n) is 5.88. The molecular formula is C14H25N3O3. The molecule has 0 saturated carbocycles.